The van der Waals surface area contributed by atoms with Gasteiger partial charge in [-0.15, -0.1) is 0 Å². The highest BCUT2D eigenvalue weighted by molar-refractivity contribution is 6.34. The molecule has 8 nitrogen and oxygen atoms in total. The molecule has 0 spiro atoms. The number of fused-ring (bicyclic) bond motifs is 1. The van der Waals surface area contributed by atoms with E-state index in [2.05, 4.69) is 20.5 Å². The van der Waals surface area contributed by atoms with Crippen molar-refractivity contribution in [1.29, 1.82) is 0 Å². The molecular formula is C17H13Cl2N7O. The van der Waals surface area contributed by atoms with Crippen LogP contribution in [-0.2, 0) is 0 Å². The minimum absolute atomic E-state index is 0.282. The number of carbonyl (C=O) groups is 1. The Kier molecular flexibility index (Phi) is 4.21. The van der Waals surface area contributed by atoms with Gasteiger partial charge in [-0.3, -0.25) is 4.79 Å². The standard InChI is InChI=1S/C17H13Cl2N7O/c1-9-6-15(26(24-9)13-7-10(18)2-3-12(13)19)23-17(27)11-8-21-25-5-4-14(20)22-16(11)25/h2-8H,1H3,(H2,20,22)(H,23,27). The summed E-state index contributed by atoms with van der Waals surface area (Å²) in [6, 6.07) is 8.34. The third-order valence-electron chi connectivity index (χ3n) is 3.84. The van der Waals surface area contributed by atoms with Gasteiger partial charge in [0.2, 0.25) is 0 Å². The summed E-state index contributed by atoms with van der Waals surface area (Å²) in [4.78, 5) is 17.0. The van der Waals surface area contributed by atoms with E-state index in [0.717, 1.165) is 0 Å². The number of nitrogen functional groups attached to an aromatic ring is 1. The van der Waals surface area contributed by atoms with E-state index in [0.29, 0.717) is 38.7 Å². The van der Waals surface area contributed by atoms with Gasteiger partial charge in [0.15, 0.2) is 5.65 Å². The second-order valence-electron chi connectivity index (χ2n) is 5.81. The second-order valence-corrected chi connectivity index (χ2v) is 6.66. The molecule has 0 unspecified atom stereocenters. The zero-order valence-electron chi connectivity index (χ0n) is 14.0. The van der Waals surface area contributed by atoms with Crippen LogP contribution >= 0.6 is 23.2 Å². The largest absolute Gasteiger partial charge is 0.384 e. The second kappa shape index (κ2) is 6.57. The maximum Gasteiger partial charge on any atom is 0.262 e. The molecule has 4 aromatic rings. The van der Waals surface area contributed by atoms with Crippen LogP contribution in [0.3, 0.4) is 0 Å². The van der Waals surface area contributed by atoms with Gasteiger partial charge >= 0.3 is 0 Å². The third kappa shape index (κ3) is 3.20. The Morgan fingerprint density at radius 2 is 2.04 bits per heavy atom. The fourth-order valence-electron chi connectivity index (χ4n) is 2.65. The van der Waals surface area contributed by atoms with Gasteiger partial charge in [-0.05, 0) is 31.2 Å². The summed E-state index contributed by atoms with van der Waals surface area (Å²) >= 11 is 12.3. The summed E-state index contributed by atoms with van der Waals surface area (Å²) < 4.78 is 3.00. The molecule has 3 heterocycles. The molecule has 0 saturated heterocycles. The molecule has 136 valence electrons. The molecule has 1 amide bonds. The van der Waals surface area contributed by atoms with Crippen molar-refractivity contribution >= 4 is 46.4 Å². The average Bonchev–Trinajstić information content (AvgIpc) is 3.20. The highest BCUT2D eigenvalue weighted by atomic mass is 35.5. The molecule has 0 aliphatic heterocycles. The molecule has 4 rings (SSSR count). The van der Waals surface area contributed by atoms with Crippen LogP contribution in [-0.4, -0.2) is 30.3 Å². The Hall–Kier alpha value is -3.10. The maximum absolute atomic E-state index is 12.8. The Morgan fingerprint density at radius 1 is 1.22 bits per heavy atom. The molecule has 0 aliphatic carbocycles. The smallest absolute Gasteiger partial charge is 0.262 e. The summed E-state index contributed by atoms with van der Waals surface area (Å²) in [5, 5.41) is 12.3. The van der Waals surface area contributed by atoms with E-state index in [1.54, 1.807) is 36.5 Å². The Labute approximate surface area is 163 Å². The highest BCUT2D eigenvalue weighted by Gasteiger charge is 2.18. The van der Waals surface area contributed by atoms with Crippen LogP contribution in [0.15, 0.2) is 42.7 Å². The van der Waals surface area contributed by atoms with Crippen LogP contribution in [0.2, 0.25) is 10.0 Å². The van der Waals surface area contributed by atoms with Gasteiger partial charge in [0.1, 0.15) is 17.2 Å². The number of aromatic nitrogens is 5. The Morgan fingerprint density at radius 3 is 2.85 bits per heavy atom. The Bertz CT molecular complexity index is 1180. The first-order valence-corrected chi connectivity index (χ1v) is 8.61. The lowest BCUT2D eigenvalue weighted by Crippen LogP contribution is -2.15. The monoisotopic (exact) mass is 401 g/mol. The number of nitrogens with two attached hydrogens (primary N) is 1. The summed E-state index contributed by atoms with van der Waals surface area (Å²) in [7, 11) is 0. The lowest BCUT2D eigenvalue weighted by molar-refractivity contribution is 0.102. The fourth-order valence-corrected chi connectivity index (χ4v) is 3.01. The molecule has 3 aromatic heterocycles. The van der Waals surface area contributed by atoms with E-state index >= 15 is 0 Å². The van der Waals surface area contributed by atoms with Gasteiger partial charge in [-0.2, -0.15) is 10.2 Å². The lowest BCUT2D eigenvalue weighted by atomic mass is 10.3. The van der Waals surface area contributed by atoms with Gasteiger partial charge in [0, 0.05) is 17.3 Å². The van der Waals surface area contributed by atoms with Crippen LogP contribution < -0.4 is 11.1 Å². The van der Waals surface area contributed by atoms with Crippen molar-refractivity contribution in [2.75, 3.05) is 11.1 Å². The van der Waals surface area contributed by atoms with E-state index in [1.807, 2.05) is 6.92 Å². The van der Waals surface area contributed by atoms with Crippen molar-refractivity contribution < 1.29 is 4.79 Å². The molecule has 0 radical (unpaired) electrons. The number of anilines is 2. The van der Waals surface area contributed by atoms with Crippen LogP contribution in [0.1, 0.15) is 16.1 Å². The maximum atomic E-state index is 12.8. The quantitative estimate of drug-likeness (QED) is 0.547. The molecule has 0 atom stereocenters. The SMILES string of the molecule is Cc1cc(NC(=O)c2cnn3ccc(N)nc23)n(-c2cc(Cl)ccc2Cl)n1. The van der Waals surface area contributed by atoms with E-state index in [1.165, 1.54) is 15.4 Å². The van der Waals surface area contributed by atoms with E-state index in [-0.39, 0.29) is 5.56 Å². The third-order valence-corrected chi connectivity index (χ3v) is 4.40. The van der Waals surface area contributed by atoms with Gasteiger partial charge in [-0.1, -0.05) is 23.2 Å². The average molecular weight is 402 g/mol. The van der Waals surface area contributed by atoms with Crippen LogP contribution in [0.4, 0.5) is 11.6 Å². The number of aryl methyl sites for hydroxylation is 1. The van der Waals surface area contributed by atoms with Crippen molar-refractivity contribution in [3.63, 3.8) is 0 Å². The zero-order valence-corrected chi connectivity index (χ0v) is 15.5. The number of rotatable bonds is 3. The minimum atomic E-state index is -0.401. The van der Waals surface area contributed by atoms with Crippen molar-refractivity contribution in [2.45, 2.75) is 6.92 Å². The molecule has 0 fully saturated rings. The summed E-state index contributed by atoms with van der Waals surface area (Å²) in [6.07, 6.45) is 3.06. The predicted octanol–water partition coefficient (Wildman–Crippen LogP) is 3.36. The molecule has 27 heavy (non-hydrogen) atoms. The molecule has 1 aromatic carbocycles. The number of nitrogens with zero attached hydrogens (tertiary/aromatic N) is 5. The lowest BCUT2D eigenvalue weighted by Gasteiger charge is -2.10. The summed E-state index contributed by atoms with van der Waals surface area (Å²) in [5.41, 5.74) is 7.60. The van der Waals surface area contributed by atoms with Gasteiger partial charge in [0.05, 0.1) is 22.6 Å². The first-order valence-electron chi connectivity index (χ1n) is 7.85. The normalized spacial score (nSPS) is 11.1. The van der Waals surface area contributed by atoms with E-state index in [9.17, 15) is 4.79 Å². The van der Waals surface area contributed by atoms with Crippen molar-refractivity contribution in [3.8, 4) is 5.69 Å². The number of amides is 1. The molecule has 0 saturated carbocycles. The number of hydrogen-bond donors (Lipinski definition) is 2. The number of hydrogen-bond acceptors (Lipinski definition) is 5. The van der Waals surface area contributed by atoms with E-state index < -0.39 is 5.91 Å². The van der Waals surface area contributed by atoms with Crippen LogP contribution in [0.25, 0.3) is 11.3 Å². The first-order chi connectivity index (χ1) is 12.9. The summed E-state index contributed by atoms with van der Waals surface area (Å²) in [5.74, 6) is 0.330. The number of halogens is 2. The molecule has 10 heteroatoms. The van der Waals surface area contributed by atoms with Gasteiger partial charge in [-0.25, -0.2) is 14.2 Å². The predicted molar refractivity (Wildman–Crippen MR) is 104 cm³/mol. The van der Waals surface area contributed by atoms with E-state index in [4.69, 9.17) is 28.9 Å². The minimum Gasteiger partial charge on any atom is -0.384 e. The van der Waals surface area contributed by atoms with Gasteiger partial charge < -0.3 is 11.1 Å². The zero-order chi connectivity index (χ0) is 19.1. The number of nitrogens with one attached hydrogen (secondary N) is 1. The van der Waals surface area contributed by atoms with Gasteiger partial charge in [0.25, 0.3) is 5.91 Å². The highest BCUT2D eigenvalue weighted by Crippen LogP contribution is 2.27. The summed E-state index contributed by atoms with van der Waals surface area (Å²) in [6.45, 7) is 1.81. The van der Waals surface area contributed by atoms with Crippen molar-refractivity contribution in [1.82, 2.24) is 24.4 Å². The first kappa shape index (κ1) is 17.3. The number of benzene rings is 1. The fraction of sp³-hybridized carbons (Fsp3) is 0.0588. The molecule has 0 aliphatic rings. The molecule has 3 N–H and O–H groups in total. The van der Waals surface area contributed by atoms with Crippen LogP contribution in [0.5, 0.6) is 0 Å². The topological polar surface area (TPSA) is 103 Å². The van der Waals surface area contributed by atoms with Crippen molar-refractivity contribution in [3.05, 3.63) is 64.0 Å². The van der Waals surface area contributed by atoms with Crippen LogP contribution in [0, 0.1) is 6.92 Å². The van der Waals surface area contributed by atoms with Crippen molar-refractivity contribution in [2.24, 2.45) is 0 Å². The molecule has 0 bridgehead atoms. The molecular weight excluding hydrogens is 389 g/mol. The Balaban J connectivity index is 1.74. The number of carbonyl (C=O) groups excluding carboxylic acids is 1.